The maximum atomic E-state index is 12.5. The van der Waals surface area contributed by atoms with Crippen molar-refractivity contribution in [3.05, 3.63) is 12.4 Å². The monoisotopic (exact) mass is 312 g/mol. The van der Waals surface area contributed by atoms with Crippen molar-refractivity contribution in [2.45, 2.75) is 31.0 Å². The number of anilines is 1. The van der Waals surface area contributed by atoms with Crippen molar-refractivity contribution in [3.63, 3.8) is 0 Å². The van der Waals surface area contributed by atoms with Crippen LogP contribution in [0.2, 0.25) is 0 Å². The molecule has 0 amide bonds. The van der Waals surface area contributed by atoms with E-state index in [1.54, 1.807) is 0 Å². The SMILES string of the molecule is CNc1ncc(S(=O)(=O)N(CC(F)(F)F)C(C)C)cn1. The van der Waals surface area contributed by atoms with Crippen LogP contribution in [0.4, 0.5) is 19.1 Å². The number of hydrogen-bond donors (Lipinski definition) is 1. The molecule has 114 valence electrons. The van der Waals surface area contributed by atoms with Gasteiger partial charge in [-0.25, -0.2) is 18.4 Å². The summed E-state index contributed by atoms with van der Waals surface area (Å²) in [5, 5.41) is 2.59. The molecule has 0 saturated heterocycles. The smallest absolute Gasteiger partial charge is 0.357 e. The van der Waals surface area contributed by atoms with Gasteiger partial charge in [0.05, 0.1) is 12.4 Å². The summed E-state index contributed by atoms with van der Waals surface area (Å²) in [5.41, 5.74) is 0. The number of alkyl halides is 3. The van der Waals surface area contributed by atoms with Crippen molar-refractivity contribution in [2.24, 2.45) is 0 Å². The summed E-state index contributed by atoms with van der Waals surface area (Å²) in [6, 6.07) is -0.842. The fourth-order valence-corrected chi connectivity index (χ4v) is 2.95. The van der Waals surface area contributed by atoms with Crippen LogP contribution in [0.3, 0.4) is 0 Å². The summed E-state index contributed by atoms with van der Waals surface area (Å²) in [4.78, 5) is 7.00. The van der Waals surface area contributed by atoms with Gasteiger partial charge in [-0.1, -0.05) is 0 Å². The predicted molar refractivity (Wildman–Crippen MR) is 66.7 cm³/mol. The first-order chi connectivity index (χ1) is 9.08. The summed E-state index contributed by atoms with van der Waals surface area (Å²) >= 11 is 0. The number of sulfonamides is 1. The number of halogens is 3. The second-order valence-electron chi connectivity index (χ2n) is 4.25. The van der Waals surface area contributed by atoms with E-state index in [9.17, 15) is 21.6 Å². The molecule has 10 heteroatoms. The van der Waals surface area contributed by atoms with E-state index in [2.05, 4.69) is 15.3 Å². The molecular weight excluding hydrogens is 297 g/mol. The van der Waals surface area contributed by atoms with Gasteiger partial charge in [-0.3, -0.25) is 0 Å². The quantitative estimate of drug-likeness (QED) is 0.891. The molecule has 0 aliphatic heterocycles. The largest absolute Gasteiger partial charge is 0.402 e. The van der Waals surface area contributed by atoms with Crippen LogP contribution in [0.5, 0.6) is 0 Å². The Hall–Kier alpha value is -1.42. The van der Waals surface area contributed by atoms with Gasteiger partial charge in [-0.15, -0.1) is 0 Å². The van der Waals surface area contributed by atoms with E-state index in [4.69, 9.17) is 0 Å². The molecule has 20 heavy (non-hydrogen) atoms. The summed E-state index contributed by atoms with van der Waals surface area (Å²) in [6.45, 7) is 1.18. The van der Waals surface area contributed by atoms with E-state index in [0.29, 0.717) is 4.31 Å². The van der Waals surface area contributed by atoms with Crippen molar-refractivity contribution in [3.8, 4) is 0 Å². The highest BCUT2D eigenvalue weighted by molar-refractivity contribution is 7.89. The van der Waals surface area contributed by atoms with Gasteiger partial charge >= 0.3 is 6.18 Å². The van der Waals surface area contributed by atoms with Crippen LogP contribution in [0.15, 0.2) is 17.3 Å². The molecule has 1 aromatic heterocycles. The molecule has 0 atom stereocenters. The maximum absolute atomic E-state index is 12.5. The second-order valence-corrected chi connectivity index (χ2v) is 6.14. The molecule has 1 rings (SSSR count). The first kappa shape index (κ1) is 16.6. The average Bonchev–Trinajstić information content (AvgIpc) is 2.34. The average molecular weight is 312 g/mol. The standard InChI is InChI=1S/C10H15F3N4O2S/c1-7(2)17(6-10(11,12)13)20(18,19)8-4-15-9(14-3)16-5-8/h4-5,7H,6H2,1-3H3,(H,14,15,16). The molecular formula is C10H15F3N4O2S. The summed E-state index contributed by atoms with van der Waals surface area (Å²) < 4.78 is 62.2. The Bertz CT molecular complexity index is 543. The van der Waals surface area contributed by atoms with Crippen molar-refractivity contribution in [1.82, 2.24) is 14.3 Å². The van der Waals surface area contributed by atoms with Crippen LogP contribution in [0.25, 0.3) is 0 Å². The molecule has 1 N–H and O–H groups in total. The fourth-order valence-electron chi connectivity index (χ4n) is 1.44. The molecule has 0 spiro atoms. The van der Waals surface area contributed by atoms with Gasteiger partial charge in [-0.2, -0.15) is 17.5 Å². The van der Waals surface area contributed by atoms with Gasteiger partial charge in [0, 0.05) is 13.1 Å². The van der Waals surface area contributed by atoms with E-state index in [1.807, 2.05) is 0 Å². The number of nitrogens with zero attached hydrogens (tertiary/aromatic N) is 3. The molecule has 0 aromatic carbocycles. The normalized spacial score (nSPS) is 13.0. The van der Waals surface area contributed by atoms with E-state index in [0.717, 1.165) is 12.4 Å². The third-order valence-electron chi connectivity index (χ3n) is 2.37. The number of nitrogens with one attached hydrogen (secondary N) is 1. The zero-order valence-electron chi connectivity index (χ0n) is 11.1. The number of rotatable bonds is 5. The van der Waals surface area contributed by atoms with E-state index in [1.165, 1.54) is 20.9 Å². The van der Waals surface area contributed by atoms with Crippen LogP contribution in [-0.2, 0) is 10.0 Å². The van der Waals surface area contributed by atoms with Crippen molar-refractivity contribution in [2.75, 3.05) is 18.9 Å². The Morgan fingerprint density at radius 2 is 1.80 bits per heavy atom. The first-order valence-corrected chi connectivity index (χ1v) is 7.10. The van der Waals surface area contributed by atoms with Crippen LogP contribution < -0.4 is 5.32 Å². The molecule has 1 heterocycles. The minimum Gasteiger partial charge on any atom is -0.357 e. The molecule has 0 radical (unpaired) electrons. The molecule has 0 saturated carbocycles. The van der Waals surface area contributed by atoms with Crippen molar-refractivity contribution in [1.29, 1.82) is 0 Å². The molecule has 0 aliphatic rings. The molecule has 0 bridgehead atoms. The van der Waals surface area contributed by atoms with Gasteiger partial charge < -0.3 is 5.32 Å². The minimum absolute atomic E-state index is 0.177. The third kappa shape index (κ3) is 4.04. The van der Waals surface area contributed by atoms with Crippen molar-refractivity contribution < 1.29 is 21.6 Å². The van der Waals surface area contributed by atoms with Crippen LogP contribution in [0, 0.1) is 0 Å². The lowest BCUT2D eigenvalue weighted by Gasteiger charge is -2.26. The third-order valence-corrected chi connectivity index (χ3v) is 4.34. The molecule has 6 nitrogen and oxygen atoms in total. The minimum atomic E-state index is -4.62. The summed E-state index contributed by atoms with van der Waals surface area (Å²) in [7, 11) is -2.76. The topological polar surface area (TPSA) is 75.2 Å². The summed E-state index contributed by atoms with van der Waals surface area (Å²) in [5.74, 6) is 0.177. The van der Waals surface area contributed by atoms with Crippen molar-refractivity contribution >= 4 is 16.0 Å². The van der Waals surface area contributed by atoms with Gasteiger partial charge in [0.2, 0.25) is 16.0 Å². The van der Waals surface area contributed by atoms with E-state index in [-0.39, 0.29) is 10.8 Å². The zero-order chi connectivity index (χ0) is 15.6. The molecule has 1 aromatic rings. The summed E-state index contributed by atoms with van der Waals surface area (Å²) in [6.07, 6.45) is -2.68. The van der Waals surface area contributed by atoms with E-state index >= 15 is 0 Å². The van der Waals surface area contributed by atoms with Crippen LogP contribution in [-0.4, -0.2) is 48.5 Å². The second kappa shape index (κ2) is 5.92. The fraction of sp³-hybridized carbons (Fsp3) is 0.600. The Labute approximate surface area is 115 Å². The van der Waals surface area contributed by atoms with Gasteiger partial charge in [0.25, 0.3) is 0 Å². The van der Waals surface area contributed by atoms with Gasteiger partial charge in [0.15, 0.2) is 0 Å². The lowest BCUT2D eigenvalue weighted by Crippen LogP contribution is -2.43. The lowest BCUT2D eigenvalue weighted by atomic mass is 10.4. The number of aromatic nitrogens is 2. The molecule has 0 unspecified atom stereocenters. The first-order valence-electron chi connectivity index (χ1n) is 5.66. The molecule has 0 fully saturated rings. The molecule has 0 aliphatic carbocycles. The predicted octanol–water partition coefficient (Wildman–Crippen LogP) is 1.48. The van der Waals surface area contributed by atoms with Crippen LogP contribution >= 0.6 is 0 Å². The highest BCUT2D eigenvalue weighted by Crippen LogP contribution is 2.24. The van der Waals surface area contributed by atoms with Gasteiger partial charge in [-0.05, 0) is 13.8 Å². The number of hydrogen-bond acceptors (Lipinski definition) is 5. The Kier molecular flexibility index (Phi) is 4.92. The Morgan fingerprint density at radius 1 is 1.30 bits per heavy atom. The Balaban J connectivity index is 3.15. The van der Waals surface area contributed by atoms with Crippen LogP contribution in [0.1, 0.15) is 13.8 Å². The van der Waals surface area contributed by atoms with E-state index < -0.39 is 28.8 Å². The maximum Gasteiger partial charge on any atom is 0.402 e. The highest BCUT2D eigenvalue weighted by atomic mass is 32.2. The zero-order valence-corrected chi connectivity index (χ0v) is 12.0. The Morgan fingerprint density at radius 3 is 2.15 bits per heavy atom. The highest BCUT2D eigenvalue weighted by Gasteiger charge is 2.38. The van der Waals surface area contributed by atoms with Gasteiger partial charge in [0.1, 0.15) is 11.4 Å². The lowest BCUT2D eigenvalue weighted by molar-refractivity contribution is -0.138.